The highest BCUT2D eigenvalue weighted by molar-refractivity contribution is 6.98. The SMILES string of the molecule is CC(C)([Si]c1ccccc1)[Si](C)(C)C(C)(C)[Si]c1ccccc1. The summed E-state index contributed by atoms with van der Waals surface area (Å²) < 4.78 is 0.777. The first-order chi connectivity index (χ1) is 10.7. The Morgan fingerprint density at radius 3 is 1.22 bits per heavy atom. The molecule has 0 saturated heterocycles. The molecule has 2 rings (SSSR count). The lowest BCUT2D eigenvalue weighted by molar-refractivity contribution is 0.795. The van der Waals surface area contributed by atoms with Gasteiger partial charge in [0.1, 0.15) is 0 Å². The minimum absolute atomic E-state index is 0.389. The minimum atomic E-state index is -1.50. The van der Waals surface area contributed by atoms with Crippen molar-refractivity contribution < 1.29 is 0 Å². The Labute approximate surface area is 148 Å². The van der Waals surface area contributed by atoms with Crippen molar-refractivity contribution >= 4 is 37.5 Å². The van der Waals surface area contributed by atoms with E-state index in [0.717, 1.165) is 19.0 Å². The van der Waals surface area contributed by atoms with Crippen molar-refractivity contribution in [3.8, 4) is 0 Å². The molecule has 0 aliphatic carbocycles. The normalized spacial score (nSPS) is 13.1. The average molecular weight is 353 g/mol. The molecule has 0 saturated carbocycles. The van der Waals surface area contributed by atoms with Crippen molar-refractivity contribution in [2.24, 2.45) is 0 Å². The van der Waals surface area contributed by atoms with Gasteiger partial charge in [0.05, 0.1) is 27.1 Å². The second-order valence-corrected chi connectivity index (χ2v) is 18.8. The maximum absolute atomic E-state index is 2.60. The van der Waals surface area contributed by atoms with Gasteiger partial charge in [-0.15, -0.1) is 0 Å². The Kier molecular flexibility index (Phi) is 5.54. The molecular weight excluding hydrogens is 324 g/mol. The Morgan fingerprint density at radius 2 is 0.913 bits per heavy atom. The molecule has 0 amide bonds. The van der Waals surface area contributed by atoms with Crippen LogP contribution in [0.4, 0.5) is 0 Å². The van der Waals surface area contributed by atoms with E-state index in [4.69, 9.17) is 0 Å². The summed E-state index contributed by atoms with van der Waals surface area (Å²) in [6.07, 6.45) is 0. The van der Waals surface area contributed by atoms with E-state index in [1.807, 2.05) is 0 Å². The zero-order chi connectivity index (χ0) is 17.1. The fraction of sp³-hybridized carbons (Fsp3) is 0.400. The van der Waals surface area contributed by atoms with E-state index < -0.39 is 8.07 Å². The van der Waals surface area contributed by atoms with Crippen LogP contribution in [0.15, 0.2) is 60.7 Å². The van der Waals surface area contributed by atoms with Crippen molar-refractivity contribution in [3.63, 3.8) is 0 Å². The largest absolute Gasteiger partial charge is 0.0841 e. The van der Waals surface area contributed by atoms with Crippen LogP contribution in [0.5, 0.6) is 0 Å². The number of rotatable bonds is 6. The van der Waals surface area contributed by atoms with Crippen LogP contribution in [0.3, 0.4) is 0 Å². The molecule has 120 valence electrons. The molecule has 0 fully saturated rings. The second kappa shape index (κ2) is 6.91. The fourth-order valence-electron chi connectivity index (χ4n) is 2.86. The van der Waals surface area contributed by atoms with Crippen LogP contribution >= 0.6 is 0 Å². The van der Waals surface area contributed by atoms with E-state index in [1.54, 1.807) is 0 Å². The topological polar surface area (TPSA) is 0 Å². The first-order valence-corrected chi connectivity index (χ1v) is 13.3. The quantitative estimate of drug-likeness (QED) is 0.683. The molecule has 2 aromatic rings. The van der Waals surface area contributed by atoms with Crippen LogP contribution in [0.2, 0.25) is 22.4 Å². The summed E-state index contributed by atoms with van der Waals surface area (Å²) in [6.45, 7) is 15.2. The lowest BCUT2D eigenvalue weighted by Crippen LogP contribution is -2.56. The molecule has 23 heavy (non-hydrogen) atoms. The van der Waals surface area contributed by atoms with E-state index in [9.17, 15) is 0 Å². The van der Waals surface area contributed by atoms with Gasteiger partial charge in [-0.3, -0.25) is 0 Å². The molecule has 0 nitrogen and oxygen atoms in total. The molecule has 0 N–H and O–H groups in total. The van der Waals surface area contributed by atoms with Gasteiger partial charge in [-0.2, -0.15) is 0 Å². The van der Waals surface area contributed by atoms with Gasteiger partial charge in [0.2, 0.25) is 0 Å². The maximum Gasteiger partial charge on any atom is 0.0841 e. The van der Waals surface area contributed by atoms with Gasteiger partial charge in [-0.05, 0) is 9.32 Å². The summed E-state index contributed by atoms with van der Waals surface area (Å²) in [4.78, 5) is 0. The third-order valence-corrected chi connectivity index (χ3v) is 18.8. The van der Waals surface area contributed by atoms with Crippen LogP contribution in [0.25, 0.3) is 0 Å². The molecular formula is C20H28Si3. The molecule has 0 heterocycles. The Balaban J connectivity index is 2.23. The Bertz CT molecular complexity index is 560. The van der Waals surface area contributed by atoms with E-state index in [0.29, 0.717) is 9.32 Å². The molecule has 0 spiro atoms. The van der Waals surface area contributed by atoms with E-state index in [-0.39, 0.29) is 0 Å². The summed E-state index contributed by atoms with van der Waals surface area (Å²) >= 11 is 0. The van der Waals surface area contributed by atoms with Crippen molar-refractivity contribution in [1.29, 1.82) is 0 Å². The van der Waals surface area contributed by atoms with Gasteiger partial charge in [0, 0.05) is 0 Å². The summed E-state index contributed by atoms with van der Waals surface area (Å²) in [5.41, 5.74) is 0. The monoisotopic (exact) mass is 352 g/mol. The van der Waals surface area contributed by atoms with Crippen molar-refractivity contribution in [3.05, 3.63) is 60.7 Å². The van der Waals surface area contributed by atoms with Crippen LogP contribution in [-0.4, -0.2) is 27.1 Å². The predicted octanol–water partition coefficient (Wildman–Crippen LogP) is 4.23. The van der Waals surface area contributed by atoms with Crippen LogP contribution < -0.4 is 10.4 Å². The fourth-order valence-corrected chi connectivity index (χ4v) is 12.2. The van der Waals surface area contributed by atoms with Gasteiger partial charge in [-0.25, -0.2) is 0 Å². The first kappa shape index (κ1) is 18.4. The highest BCUT2D eigenvalue weighted by Crippen LogP contribution is 2.49. The molecule has 2 aromatic carbocycles. The second-order valence-electron chi connectivity index (χ2n) is 7.86. The van der Waals surface area contributed by atoms with Gasteiger partial charge in [0.25, 0.3) is 0 Å². The third kappa shape index (κ3) is 4.14. The van der Waals surface area contributed by atoms with Crippen LogP contribution in [0.1, 0.15) is 27.7 Å². The molecule has 0 aliphatic rings. The van der Waals surface area contributed by atoms with Gasteiger partial charge in [0.15, 0.2) is 0 Å². The zero-order valence-electron chi connectivity index (χ0n) is 15.3. The summed E-state index contributed by atoms with van der Waals surface area (Å²) in [5, 5.41) is 2.99. The lowest BCUT2D eigenvalue weighted by atomic mass is 10.4. The molecule has 0 aliphatic heterocycles. The lowest BCUT2D eigenvalue weighted by Gasteiger charge is -2.50. The zero-order valence-corrected chi connectivity index (χ0v) is 18.3. The Morgan fingerprint density at radius 1 is 0.609 bits per heavy atom. The number of benzene rings is 2. The smallest absolute Gasteiger partial charge is 0.0690 e. The summed E-state index contributed by atoms with van der Waals surface area (Å²) in [6, 6.07) is 22.1. The molecule has 0 bridgehead atoms. The van der Waals surface area contributed by atoms with E-state index >= 15 is 0 Å². The van der Waals surface area contributed by atoms with E-state index in [1.165, 1.54) is 10.4 Å². The molecule has 3 heteroatoms. The average Bonchev–Trinajstić information content (AvgIpc) is 2.48. The van der Waals surface area contributed by atoms with Crippen molar-refractivity contribution in [2.75, 3.05) is 0 Å². The highest BCUT2D eigenvalue weighted by atomic mass is 28.4. The number of hydrogen-bond acceptors (Lipinski definition) is 0. The molecule has 0 atom stereocenters. The molecule has 0 unspecified atom stereocenters. The van der Waals surface area contributed by atoms with Gasteiger partial charge < -0.3 is 0 Å². The van der Waals surface area contributed by atoms with Crippen molar-refractivity contribution in [1.82, 2.24) is 0 Å². The number of hydrogen-bond donors (Lipinski definition) is 0. The van der Waals surface area contributed by atoms with Crippen LogP contribution in [-0.2, 0) is 0 Å². The van der Waals surface area contributed by atoms with Crippen LogP contribution in [0, 0.1) is 0 Å². The summed E-state index contributed by atoms with van der Waals surface area (Å²) in [7, 11) is 0.267. The molecule has 4 radical (unpaired) electrons. The third-order valence-electron chi connectivity index (χ3n) is 5.59. The summed E-state index contributed by atoms with van der Waals surface area (Å²) in [5.74, 6) is 0. The van der Waals surface area contributed by atoms with Gasteiger partial charge >= 0.3 is 0 Å². The molecule has 0 aromatic heterocycles. The Hall–Kier alpha value is -0.909. The standard InChI is InChI=1S/C20H28Si3/c1-19(2,21-17-13-9-7-10-14-17)23(5,6)20(3,4)22-18-15-11-8-12-16-18/h7-16H,1-6H3. The minimum Gasteiger partial charge on any atom is -0.0690 e. The predicted molar refractivity (Wildman–Crippen MR) is 109 cm³/mol. The first-order valence-electron chi connectivity index (χ1n) is 8.32. The maximum atomic E-state index is 2.60. The van der Waals surface area contributed by atoms with Crippen molar-refractivity contribution in [2.45, 2.75) is 50.1 Å². The highest BCUT2D eigenvalue weighted by Gasteiger charge is 2.49. The van der Waals surface area contributed by atoms with E-state index in [2.05, 4.69) is 101 Å². The van der Waals surface area contributed by atoms with Gasteiger partial charge in [-0.1, -0.05) is 112 Å².